The van der Waals surface area contributed by atoms with Crippen LogP contribution in [0.25, 0.3) is 0 Å². The molecule has 0 saturated carbocycles. The van der Waals surface area contributed by atoms with Gasteiger partial charge in [0.25, 0.3) is 0 Å². The first kappa shape index (κ1) is 11.9. The lowest BCUT2D eigenvalue weighted by Crippen LogP contribution is -2.25. The molecule has 0 aromatic carbocycles. The Bertz CT molecular complexity index is 96.5. The van der Waals surface area contributed by atoms with E-state index in [1.54, 1.807) is 0 Å². The van der Waals surface area contributed by atoms with Crippen LogP contribution in [0.5, 0.6) is 0 Å². The summed E-state index contributed by atoms with van der Waals surface area (Å²) < 4.78 is 5.39. The quantitative estimate of drug-likeness (QED) is 0.619. The standard InChI is InChI=1S/C9H21NO2/c1-9(2)12-8-6-10(3)5-4-7-11/h9,11H,4-8H2,1-3H3. The van der Waals surface area contributed by atoms with Crippen LogP contribution in [-0.4, -0.2) is 49.5 Å². The van der Waals surface area contributed by atoms with Gasteiger partial charge in [0.2, 0.25) is 0 Å². The summed E-state index contributed by atoms with van der Waals surface area (Å²) in [4.78, 5) is 2.17. The summed E-state index contributed by atoms with van der Waals surface area (Å²) in [6, 6.07) is 0. The van der Waals surface area contributed by atoms with E-state index in [9.17, 15) is 0 Å². The Morgan fingerprint density at radius 1 is 1.33 bits per heavy atom. The Labute approximate surface area is 75.3 Å². The molecule has 74 valence electrons. The van der Waals surface area contributed by atoms with Gasteiger partial charge in [-0.2, -0.15) is 0 Å². The van der Waals surface area contributed by atoms with Crippen molar-refractivity contribution >= 4 is 0 Å². The Morgan fingerprint density at radius 3 is 2.50 bits per heavy atom. The number of rotatable bonds is 7. The van der Waals surface area contributed by atoms with Crippen molar-refractivity contribution in [3.05, 3.63) is 0 Å². The van der Waals surface area contributed by atoms with Crippen molar-refractivity contribution in [2.75, 3.05) is 33.4 Å². The molecular weight excluding hydrogens is 154 g/mol. The molecule has 3 nitrogen and oxygen atoms in total. The molecule has 0 atom stereocenters. The van der Waals surface area contributed by atoms with Crippen molar-refractivity contribution in [2.45, 2.75) is 26.4 Å². The molecule has 0 radical (unpaired) electrons. The Balaban J connectivity index is 3.13. The fourth-order valence-electron chi connectivity index (χ4n) is 0.897. The topological polar surface area (TPSA) is 32.7 Å². The summed E-state index contributed by atoms with van der Waals surface area (Å²) in [5.41, 5.74) is 0. The van der Waals surface area contributed by atoms with Gasteiger partial charge < -0.3 is 14.7 Å². The van der Waals surface area contributed by atoms with Gasteiger partial charge in [0.05, 0.1) is 12.7 Å². The first-order valence-corrected chi connectivity index (χ1v) is 4.57. The minimum Gasteiger partial charge on any atom is -0.396 e. The number of aliphatic hydroxyl groups excluding tert-OH is 1. The van der Waals surface area contributed by atoms with Crippen molar-refractivity contribution in [1.82, 2.24) is 4.90 Å². The molecule has 3 heteroatoms. The van der Waals surface area contributed by atoms with E-state index in [1.165, 1.54) is 0 Å². The number of hydrogen-bond donors (Lipinski definition) is 1. The lowest BCUT2D eigenvalue weighted by molar-refractivity contribution is 0.0628. The van der Waals surface area contributed by atoms with Crippen molar-refractivity contribution in [1.29, 1.82) is 0 Å². The molecule has 0 heterocycles. The fourth-order valence-corrected chi connectivity index (χ4v) is 0.897. The highest BCUT2D eigenvalue weighted by Crippen LogP contribution is 1.90. The van der Waals surface area contributed by atoms with E-state index >= 15 is 0 Å². The second kappa shape index (κ2) is 7.53. The molecule has 0 bridgehead atoms. The van der Waals surface area contributed by atoms with Crippen LogP contribution in [0.2, 0.25) is 0 Å². The van der Waals surface area contributed by atoms with Crippen LogP contribution in [0.3, 0.4) is 0 Å². The molecule has 0 fully saturated rings. The van der Waals surface area contributed by atoms with Crippen molar-refractivity contribution < 1.29 is 9.84 Å². The number of aliphatic hydroxyl groups is 1. The van der Waals surface area contributed by atoms with Crippen molar-refractivity contribution in [2.24, 2.45) is 0 Å². The highest BCUT2D eigenvalue weighted by atomic mass is 16.5. The van der Waals surface area contributed by atoms with Crippen LogP contribution < -0.4 is 0 Å². The largest absolute Gasteiger partial charge is 0.396 e. The molecule has 0 spiro atoms. The van der Waals surface area contributed by atoms with Crippen LogP contribution in [-0.2, 0) is 4.74 Å². The van der Waals surface area contributed by atoms with Crippen molar-refractivity contribution in [3.8, 4) is 0 Å². The second-order valence-electron chi connectivity index (χ2n) is 3.30. The highest BCUT2D eigenvalue weighted by Gasteiger charge is 1.98. The molecule has 0 aromatic heterocycles. The summed E-state index contributed by atoms with van der Waals surface area (Å²) in [6.45, 7) is 7.01. The third kappa shape index (κ3) is 7.98. The van der Waals surface area contributed by atoms with E-state index in [2.05, 4.69) is 4.90 Å². The zero-order chi connectivity index (χ0) is 9.40. The van der Waals surface area contributed by atoms with E-state index in [1.807, 2.05) is 20.9 Å². The average Bonchev–Trinajstić information content (AvgIpc) is 2.00. The van der Waals surface area contributed by atoms with Gasteiger partial charge in [-0.05, 0) is 27.3 Å². The summed E-state index contributed by atoms with van der Waals surface area (Å²) in [5.74, 6) is 0. The zero-order valence-corrected chi connectivity index (χ0v) is 8.42. The molecule has 0 aromatic rings. The molecule has 0 aliphatic rings. The minimum atomic E-state index is 0.273. The van der Waals surface area contributed by atoms with Crippen molar-refractivity contribution in [3.63, 3.8) is 0 Å². The Hall–Kier alpha value is -0.120. The Morgan fingerprint density at radius 2 is 2.00 bits per heavy atom. The average molecular weight is 175 g/mol. The van der Waals surface area contributed by atoms with Gasteiger partial charge >= 0.3 is 0 Å². The van der Waals surface area contributed by atoms with Gasteiger partial charge in [-0.25, -0.2) is 0 Å². The monoisotopic (exact) mass is 175 g/mol. The molecule has 0 saturated heterocycles. The summed E-state index contributed by atoms with van der Waals surface area (Å²) in [7, 11) is 2.04. The molecular formula is C9H21NO2. The van der Waals surface area contributed by atoms with Gasteiger partial charge in [0.1, 0.15) is 0 Å². The molecule has 0 aliphatic heterocycles. The van der Waals surface area contributed by atoms with Crippen LogP contribution in [0.4, 0.5) is 0 Å². The molecule has 0 amide bonds. The third-order valence-electron chi connectivity index (χ3n) is 1.62. The zero-order valence-electron chi connectivity index (χ0n) is 8.42. The summed E-state index contributed by atoms with van der Waals surface area (Å²) >= 11 is 0. The Kier molecular flexibility index (Phi) is 7.45. The maximum atomic E-state index is 8.57. The number of likely N-dealkylation sites (N-methyl/N-ethyl adjacent to an activating group) is 1. The smallest absolute Gasteiger partial charge is 0.0596 e. The van der Waals surface area contributed by atoms with E-state index in [0.29, 0.717) is 6.10 Å². The normalized spacial score (nSPS) is 11.5. The molecule has 0 unspecified atom stereocenters. The lowest BCUT2D eigenvalue weighted by Gasteiger charge is -2.16. The molecule has 0 aliphatic carbocycles. The third-order valence-corrected chi connectivity index (χ3v) is 1.62. The van der Waals surface area contributed by atoms with Gasteiger partial charge in [0, 0.05) is 19.7 Å². The van der Waals surface area contributed by atoms with E-state index in [0.717, 1.165) is 26.1 Å². The minimum absolute atomic E-state index is 0.273. The van der Waals surface area contributed by atoms with Gasteiger partial charge in [0.15, 0.2) is 0 Å². The highest BCUT2D eigenvalue weighted by molar-refractivity contribution is 4.50. The second-order valence-corrected chi connectivity index (χ2v) is 3.30. The maximum Gasteiger partial charge on any atom is 0.0596 e. The first-order valence-electron chi connectivity index (χ1n) is 4.57. The fraction of sp³-hybridized carbons (Fsp3) is 1.00. The predicted molar refractivity (Wildman–Crippen MR) is 50.3 cm³/mol. The first-order chi connectivity index (χ1) is 5.66. The van der Waals surface area contributed by atoms with Crippen LogP contribution in [0.1, 0.15) is 20.3 Å². The molecule has 12 heavy (non-hydrogen) atoms. The summed E-state index contributed by atoms with van der Waals surface area (Å²) in [5, 5.41) is 8.57. The number of nitrogens with zero attached hydrogens (tertiary/aromatic N) is 1. The van der Waals surface area contributed by atoms with Crippen LogP contribution in [0.15, 0.2) is 0 Å². The van der Waals surface area contributed by atoms with Crippen LogP contribution >= 0.6 is 0 Å². The SMILES string of the molecule is CC(C)OCCN(C)CCCO. The number of ether oxygens (including phenoxy) is 1. The van der Waals surface area contributed by atoms with E-state index in [4.69, 9.17) is 9.84 Å². The number of hydrogen-bond acceptors (Lipinski definition) is 3. The summed E-state index contributed by atoms with van der Waals surface area (Å²) in [6.07, 6.45) is 1.16. The van der Waals surface area contributed by atoms with E-state index < -0.39 is 0 Å². The predicted octanol–water partition coefficient (Wildman–Crippen LogP) is 0.726. The lowest BCUT2D eigenvalue weighted by atomic mass is 10.4. The van der Waals surface area contributed by atoms with Crippen LogP contribution in [0, 0.1) is 0 Å². The van der Waals surface area contributed by atoms with Gasteiger partial charge in [-0.3, -0.25) is 0 Å². The van der Waals surface area contributed by atoms with E-state index in [-0.39, 0.29) is 6.61 Å². The molecule has 0 rings (SSSR count). The van der Waals surface area contributed by atoms with Gasteiger partial charge in [-0.1, -0.05) is 0 Å². The molecule has 1 N–H and O–H groups in total. The van der Waals surface area contributed by atoms with Gasteiger partial charge in [-0.15, -0.1) is 0 Å². The maximum absolute atomic E-state index is 8.57.